The number of likely N-dealkylation sites (tertiary alicyclic amines) is 1. The lowest BCUT2D eigenvalue weighted by Crippen LogP contribution is -2.44. The van der Waals surface area contributed by atoms with Crippen molar-refractivity contribution in [2.45, 2.75) is 32.4 Å². The second-order valence-corrected chi connectivity index (χ2v) is 9.36. The number of piperidine rings is 1. The van der Waals surface area contributed by atoms with Gasteiger partial charge in [-0.15, -0.1) is 0 Å². The normalized spacial score (nSPS) is 15.6. The van der Waals surface area contributed by atoms with Crippen LogP contribution in [0.4, 0.5) is 0 Å². The van der Waals surface area contributed by atoms with Gasteiger partial charge < -0.3 is 19.3 Å². The molecule has 1 saturated heterocycles. The lowest BCUT2D eigenvalue weighted by molar-refractivity contribution is -0.127. The van der Waals surface area contributed by atoms with Crippen LogP contribution in [0.2, 0.25) is 0 Å². The molecule has 1 aromatic heterocycles. The van der Waals surface area contributed by atoms with E-state index in [-0.39, 0.29) is 17.9 Å². The number of nitrogens with zero attached hydrogens (tertiary/aromatic N) is 3. The maximum absolute atomic E-state index is 12.7. The van der Waals surface area contributed by atoms with E-state index in [4.69, 9.17) is 14.0 Å². The van der Waals surface area contributed by atoms with E-state index in [0.29, 0.717) is 36.4 Å². The number of benzene rings is 2. The van der Waals surface area contributed by atoms with E-state index < -0.39 is 0 Å². The number of rotatable bonds is 9. The number of amides is 1. The van der Waals surface area contributed by atoms with E-state index >= 15 is 0 Å². The van der Waals surface area contributed by atoms with Gasteiger partial charge in [0.15, 0.2) is 11.5 Å². The second-order valence-electron chi connectivity index (χ2n) is 8.44. The van der Waals surface area contributed by atoms with E-state index in [9.17, 15) is 4.79 Å². The monoisotopic (exact) mass is 528 g/mol. The molecule has 2 aromatic carbocycles. The largest absolute Gasteiger partial charge is 0.493 e. The highest BCUT2D eigenvalue weighted by Gasteiger charge is 2.27. The molecule has 2 heterocycles. The first-order valence-corrected chi connectivity index (χ1v) is 12.2. The van der Waals surface area contributed by atoms with Gasteiger partial charge in [-0.05, 0) is 57.1 Å². The van der Waals surface area contributed by atoms with E-state index in [1.54, 1.807) is 7.11 Å². The molecule has 1 atom stereocenters. The molecule has 1 N–H and O–H groups in total. The number of carbonyl (C=O) groups excluding carboxylic acids is 1. The van der Waals surface area contributed by atoms with Gasteiger partial charge in [0, 0.05) is 16.0 Å². The number of para-hydroxylation sites is 2. The van der Waals surface area contributed by atoms with Gasteiger partial charge in [0.1, 0.15) is 6.61 Å². The zero-order chi connectivity index (χ0) is 23.9. The molecule has 34 heavy (non-hydrogen) atoms. The Morgan fingerprint density at radius 1 is 1.21 bits per heavy atom. The minimum atomic E-state index is -0.106. The second kappa shape index (κ2) is 11.5. The van der Waals surface area contributed by atoms with E-state index in [1.165, 1.54) is 0 Å². The Morgan fingerprint density at radius 2 is 1.97 bits per heavy atom. The predicted molar refractivity (Wildman–Crippen MR) is 132 cm³/mol. The molecule has 1 unspecified atom stereocenters. The number of hydrogen-bond donors (Lipinski definition) is 1. The fourth-order valence-corrected chi connectivity index (χ4v) is 4.36. The van der Waals surface area contributed by atoms with Crippen molar-refractivity contribution < 1.29 is 18.8 Å². The molecule has 1 aliphatic heterocycles. The molecule has 0 aliphatic carbocycles. The highest BCUT2D eigenvalue weighted by Crippen LogP contribution is 2.26. The number of aromatic nitrogens is 2. The minimum Gasteiger partial charge on any atom is -0.493 e. The van der Waals surface area contributed by atoms with Crippen LogP contribution in [0.25, 0.3) is 11.4 Å². The molecular weight excluding hydrogens is 500 g/mol. The van der Waals surface area contributed by atoms with E-state index in [1.807, 2.05) is 55.5 Å². The number of carbonyl (C=O) groups is 1. The third-order valence-electron chi connectivity index (χ3n) is 5.81. The SMILES string of the molecule is COc1ccccc1OCC(C)NC(=O)C1CCN(Cc2nc(-c3cccc(Br)c3)no2)CC1. The summed E-state index contributed by atoms with van der Waals surface area (Å²) in [5.41, 5.74) is 0.906. The molecule has 0 spiro atoms. The molecule has 0 radical (unpaired) electrons. The Bertz CT molecular complexity index is 1100. The highest BCUT2D eigenvalue weighted by molar-refractivity contribution is 9.10. The van der Waals surface area contributed by atoms with Crippen molar-refractivity contribution in [1.82, 2.24) is 20.4 Å². The Hall–Kier alpha value is -2.91. The maximum Gasteiger partial charge on any atom is 0.241 e. The van der Waals surface area contributed by atoms with Crippen molar-refractivity contribution in [2.75, 3.05) is 26.8 Å². The van der Waals surface area contributed by atoms with Crippen molar-refractivity contribution in [3.8, 4) is 22.9 Å². The first-order chi connectivity index (χ1) is 16.5. The highest BCUT2D eigenvalue weighted by atomic mass is 79.9. The summed E-state index contributed by atoms with van der Waals surface area (Å²) in [6, 6.07) is 15.2. The fourth-order valence-electron chi connectivity index (χ4n) is 3.96. The van der Waals surface area contributed by atoms with Crippen LogP contribution >= 0.6 is 15.9 Å². The molecule has 8 nitrogen and oxygen atoms in total. The number of hydrogen-bond acceptors (Lipinski definition) is 7. The van der Waals surface area contributed by atoms with Crippen LogP contribution < -0.4 is 14.8 Å². The number of halogens is 1. The van der Waals surface area contributed by atoms with Crippen molar-refractivity contribution in [3.63, 3.8) is 0 Å². The number of nitrogens with one attached hydrogen (secondary N) is 1. The van der Waals surface area contributed by atoms with Crippen LogP contribution in [0.5, 0.6) is 11.5 Å². The molecule has 0 saturated carbocycles. The average molecular weight is 529 g/mol. The van der Waals surface area contributed by atoms with Gasteiger partial charge in [0.05, 0.1) is 19.7 Å². The Morgan fingerprint density at radius 3 is 2.71 bits per heavy atom. The van der Waals surface area contributed by atoms with E-state index in [2.05, 4.69) is 36.3 Å². The number of ether oxygens (including phenoxy) is 2. The maximum atomic E-state index is 12.7. The Labute approximate surface area is 207 Å². The molecule has 3 aromatic rings. The van der Waals surface area contributed by atoms with Crippen LogP contribution in [0.15, 0.2) is 57.5 Å². The fraction of sp³-hybridized carbons (Fsp3) is 0.400. The third kappa shape index (κ3) is 6.36. The topological polar surface area (TPSA) is 89.7 Å². The van der Waals surface area contributed by atoms with Gasteiger partial charge in [0.25, 0.3) is 0 Å². The summed E-state index contributed by atoms with van der Waals surface area (Å²) in [6.07, 6.45) is 1.58. The molecular formula is C25H29BrN4O4. The van der Waals surface area contributed by atoms with Crippen LogP contribution in [0.1, 0.15) is 25.7 Å². The van der Waals surface area contributed by atoms with E-state index in [0.717, 1.165) is 36.0 Å². The van der Waals surface area contributed by atoms with Crippen LogP contribution in [0.3, 0.4) is 0 Å². The lowest BCUT2D eigenvalue weighted by atomic mass is 9.95. The van der Waals surface area contributed by atoms with Crippen LogP contribution in [-0.4, -0.2) is 53.8 Å². The first kappa shape index (κ1) is 24.2. The van der Waals surface area contributed by atoms with Gasteiger partial charge in [-0.1, -0.05) is 45.4 Å². The third-order valence-corrected chi connectivity index (χ3v) is 6.31. The molecule has 1 fully saturated rings. The summed E-state index contributed by atoms with van der Waals surface area (Å²) < 4.78 is 17.5. The Balaban J connectivity index is 1.21. The summed E-state index contributed by atoms with van der Waals surface area (Å²) in [4.78, 5) is 19.5. The van der Waals surface area contributed by atoms with Crippen LogP contribution in [-0.2, 0) is 11.3 Å². The molecule has 4 rings (SSSR count). The molecule has 1 amide bonds. The van der Waals surface area contributed by atoms with Gasteiger partial charge in [-0.3, -0.25) is 9.69 Å². The molecule has 0 bridgehead atoms. The minimum absolute atomic E-state index is 0.00937. The van der Waals surface area contributed by atoms with Crippen molar-refractivity contribution in [2.24, 2.45) is 5.92 Å². The molecule has 1 aliphatic rings. The summed E-state index contributed by atoms with van der Waals surface area (Å²) in [6.45, 7) is 4.51. The summed E-state index contributed by atoms with van der Waals surface area (Å²) in [5, 5.41) is 7.18. The molecule has 9 heteroatoms. The summed E-state index contributed by atoms with van der Waals surface area (Å²) in [5.74, 6) is 2.58. The van der Waals surface area contributed by atoms with Gasteiger partial charge in [0.2, 0.25) is 17.6 Å². The van der Waals surface area contributed by atoms with Gasteiger partial charge >= 0.3 is 0 Å². The average Bonchev–Trinajstić information content (AvgIpc) is 3.32. The predicted octanol–water partition coefficient (Wildman–Crippen LogP) is 4.30. The lowest BCUT2D eigenvalue weighted by Gasteiger charge is -2.30. The summed E-state index contributed by atoms with van der Waals surface area (Å²) in [7, 11) is 1.61. The quantitative estimate of drug-likeness (QED) is 0.442. The van der Waals surface area contributed by atoms with Crippen molar-refractivity contribution in [1.29, 1.82) is 0 Å². The zero-order valence-corrected chi connectivity index (χ0v) is 21.0. The number of methoxy groups -OCH3 is 1. The standard InChI is InChI=1S/C25H29BrN4O4/c1-17(16-33-22-9-4-3-8-21(22)32-2)27-25(31)18-10-12-30(13-11-18)15-23-28-24(29-34-23)19-6-5-7-20(26)14-19/h3-9,14,17-18H,10-13,15-16H2,1-2H3,(H,27,31). The zero-order valence-electron chi connectivity index (χ0n) is 19.4. The first-order valence-electron chi connectivity index (χ1n) is 11.4. The van der Waals surface area contributed by atoms with Crippen LogP contribution in [0, 0.1) is 5.92 Å². The van der Waals surface area contributed by atoms with Crippen molar-refractivity contribution >= 4 is 21.8 Å². The van der Waals surface area contributed by atoms with Gasteiger partial charge in [-0.2, -0.15) is 4.98 Å². The van der Waals surface area contributed by atoms with Crippen molar-refractivity contribution in [3.05, 3.63) is 58.9 Å². The summed E-state index contributed by atoms with van der Waals surface area (Å²) >= 11 is 3.46. The van der Waals surface area contributed by atoms with Gasteiger partial charge in [-0.25, -0.2) is 0 Å². The molecule has 180 valence electrons. The Kier molecular flexibility index (Phi) is 8.18. The smallest absolute Gasteiger partial charge is 0.241 e.